The maximum Gasteiger partial charge on any atom is -1.00 e. The summed E-state index contributed by atoms with van der Waals surface area (Å²) in [5.41, 5.74) is 9.27. The van der Waals surface area contributed by atoms with E-state index in [1.54, 1.807) is 30.0 Å². The van der Waals surface area contributed by atoms with E-state index >= 15 is 0 Å². The minimum atomic E-state index is -1.58. The first kappa shape index (κ1) is 22.1. The molecule has 122 valence electrons. The summed E-state index contributed by atoms with van der Waals surface area (Å²) in [7, 11) is 0. The van der Waals surface area contributed by atoms with Gasteiger partial charge < -0.3 is 24.8 Å². The molecule has 0 fully saturated rings. The second kappa shape index (κ2) is 7.80. The fourth-order valence-corrected chi connectivity index (χ4v) is 8.61. The zero-order valence-corrected chi connectivity index (χ0v) is 18.2. The predicted molar refractivity (Wildman–Crippen MR) is 87.6 cm³/mol. The van der Waals surface area contributed by atoms with Gasteiger partial charge in [0.1, 0.15) is 0 Å². The van der Waals surface area contributed by atoms with E-state index in [0.29, 0.717) is 11.8 Å². The van der Waals surface area contributed by atoms with Crippen molar-refractivity contribution in [2.45, 2.75) is 55.4 Å². The molecule has 2 atom stereocenters. The molecule has 0 saturated heterocycles. The third kappa shape index (κ3) is 3.18. The Morgan fingerprint density at radius 2 is 0.909 bits per heavy atom. The maximum atomic E-state index is 4.74. The van der Waals surface area contributed by atoms with Crippen molar-refractivity contribution in [2.24, 2.45) is 11.8 Å². The van der Waals surface area contributed by atoms with Crippen LogP contribution in [0.15, 0.2) is 41.2 Å². The average molecular weight is 375 g/mol. The van der Waals surface area contributed by atoms with Crippen LogP contribution >= 0.6 is 0 Å². The third-order valence-corrected chi connectivity index (χ3v) is 10.5. The Morgan fingerprint density at radius 1 is 0.636 bits per heavy atom. The van der Waals surface area contributed by atoms with Gasteiger partial charge in [-0.15, -0.1) is 0 Å². The quantitative estimate of drug-likeness (QED) is 0.575. The molecule has 0 saturated carbocycles. The molecule has 0 aromatic heterocycles. The van der Waals surface area contributed by atoms with Crippen LogP contribution in [0.2, 0.25) is 0 Å². The van der Waals surface area contributed by atoms with E-state index in [4.69, 9.17) is 4.82 Å². The molecular weight excluding hydrogens is 347 g/mol. The Labute approximate surface area is 155 Å². The van der Waals surface area contributed by atoms with Crippen LogP contribution < -0.4 is 24.8 Å². The van der Waals surface area contributed by atoms with Gasteiger partial charge in [-0.25, -0.2) is 0 Å². The van der Waals surface area contributed by atoms with Crippen LogP contribution in [0.25, 0.3) is 0 Å². The molecule has 0 bridgehead atoms. The van der Waals surface area contributed by atoms with Gasteiger partial charge in [0, 0.05) is 0 Å². The van der Waals surface area contributed by atoms with Gasteiger partial charge in [-0.3, -0.25) is 0 Å². The first-order chi connectivity index (χ1) is 9.20. The molecule has 3 heteroatoms. The van der Waals surface area contributed by atoms with Crippen molar-refractivity contribution in [2.75, 3.05) is 0 Å². The summed E-state index contributed by atoms with van der Waals surface area (Å²) in [6.45, 7) is 18.6. The monoisotopic (exact) mass is 374 g/mol. The van der Waals surface area contributed by atoms with Crippen molar-refractivity contribution < 1.29 is 42.2 Å². The van der Waals surface area contributed by atoms with Crippen LogP contribution in [0.1, 0.15) is 55.4 Å². The number of rotatable bonds is 2. The second-order valence-corrected chi connectivity index (χ2v) is 9.79. The second-order valence-electron chi connectivity index (χ2n) is 6.62. The van der Waals surface area contributed by atoms with Gasteiger partial charge in [0.25, 0.3) is 0 Å². The van der Waals surface area contributed by atoms with Crippen molar-refractivity contribution >= 4 is 4.82 Å². The summed E-state index contributed by atoms with van der Waals surface area (Å²) < 4.78 is 3.42. The Morgan fingerprint density at radius 3 is 1.09 bits per heavy atom. The van der Waals surface area contributed by atoms with Crippen LogP contribution in [0.5, 0.6) is 0 Å². The molecule has 2 unspecified atom stereocenters. The molecule has 0 radical (unpaired) electrons. The summed E-state index contributed by atoms with van der Waals surface area (Å²) in [6.07, 6.45) is 0. The summed E-state index contributed by atoms with van der Waals surface area (Å²) in [6, 6.07) is 0. The summed E-state index contributed by atoms with van der Waals surface area (Å²) >= 11 is -1.58. The van der Waals surface area contributed by atoms with E-state index in [9.17, 15) is 0 Å². The van der Waals surface area contributed by atoms with Crippen molar-refractivity contribution in [1.29, 1.82) is 0 Å². The molecule has 0 amide bonds. The van der Waals surface area contributed by atoms with Gasteiger partial charge in [0.2, 0.25) is 0 Å². The van der Waals surface area contributed by atoms with E-state index in [1.165, 1.54) is 11.1 Å². The zero-order chi connectivity index (χ0) is 15.4. The Bertz CT molecular complexity index is 576. The number of allylic oxidation sites excluding steroid dienone is 8. The molecular formula is C19H28Cl2Ti. The molecule has 0 heterocycles. The molecule has 2 aliphatic carbocycles. The van der Waals surface area contributed by atoms with Crippen molar-refractivity contribution in [3.8, 4) is 0 Å². The van der Waals surface area contributed by atoms with E-state index in [0.717, 1.165) is 0 Å². The molecule has 0 spiro atoms. The van der Waals surface area contributed by atoms with Crippen LogP contribution in [-0.4, -0.2) is 4.82 Å². The Balaban J connectivity index is 0.00000220. The Hall–Kier alpha value is 0.124. The van der Waals surface area contributed by atoms with Crippen LogP contribution in [-0.2, 0) is 17.4 Å². The van der Waals surface area contributed by atoms with Gasteiger partial charge in [-0.1, -0.05) is 0 Å². The van der Waals surface area contributed by atoms with E-state index < -0.39 is 17.4 Å². The topological polar surface area (TPSA) is 0 Å². The third-order valence-electron chi connectivity index (χ3n) is 5.93. The fourth-order valence-electron chi connectivity index (χ4n) is 3.85. The molecule has 0 N–H and O–H groups in total. The predicted octanol–water partition coefficient (Wildman–Crippen LogP) is -0.435. The smallest absolute Gasteiger partial charge is 1.00 e. The minimum Gasteiger partial charge on any atom is -1.00 e. The van der Waals surface area contributed by atoms with Crippen molar-refractivity contribution in [3.63, 3.8) is 0 Å². The van der Waals surface area contributed by atoms with Crippen LogP contribution in [0.3, 0.4) is 0 Å². The largest absolute Gasteiger partial charge is 1.00 e. The summed E-state index contributed by atoms with van der Waals surface area (Å²) in [4.78, 5) is 4.74. The van der Waals surface area contributed by atoms with Gasteiger partial charge in [0.05, 0.1) is 0 Å². The summed E-state index contributed by atoms with van der Waals surface area (Å²) in [5, 5.41) is 0. The molecule has 2 aliphatic rings. The number of halogens is 2. The first-order valence-electron chi connectivity index (χ1n) is 7.66. The van der Waals surface area contributed by atoms with Crippen molar-refractivity contribution in [1.82, 2.24) is 0 Å². The number of hydrogen-bond acceptors (Lipinski definition) is 0. The normalized spacial score (nSPS) is 24.5. The molecule has 0 aliphatic heterocycles. The van der Waals surface area contributed by atoms with E-state index in [-0.39, 0.29) is 24.8 Å². The molecule has 2 rings (SSSR count). The van der Waals surface area contributed by atoms with E-state index in [2.05, 4.69) is 55.4 Å². The standard InChI is InChI=1S/2C9H13.CH2.2ClH.Ti/c2*1-6-5-7(2)9(4)8(6)3;;;;/h2*6H,1-4H3;1H2;2*1H;/q;;;;;+2/p-2. The van der Waals surface area contributed by atoms with Gasteiger partial charge >= 0.3 is 131 Å². The minimum absolute atomic E-state index is 0. The van der Waals surface area contributed by atoms with Gasteiger partial charge in [0.15, 0.2) is 0 Å². The fraction of sp³-hybridized carbons (Fsp3) is 0.526. The maximum absolute atomic E-state index is 4.74. The zero-order valence-electron chi connectivity index (χ0n) is 15.1. The molecule has 22 heavy (non-hydrogen) atoms. The van der Waals surface area contributed by atoms with Crippen molar-refractivity contribution in [3.05, 3.63) is 41.2 Å². The van der Waals surface area contributed by atoms with Gasteiger partial charge in [-0.2, -0.15) is 0 Å². The molecule has 0 nitrogen and oxygen atoms in total. The molecule has 0 aromatic rings. The average Bonchev–Trinajstić information content (AvgIpc) is 2.71. The number of hydrogen-bond donors (Lipinski definition) is 0. The van der Waals surface area contributed by atoms with Crippen LogP contribution in [0.4, 0.5) is 0 Å². The SMILES string of the molecule is [CH2]=[Ti+2]([C]1=C(C)C(C)=C(C)C1C)[C]1=C(C)C(C)=C(C)C1C.[Cl-].[Cl-]. The van der Waals surface area contributed by atoms with Gasteiger partial charge in [-0.05, 0) is 0 Å². The first-order valence-corrected chi connectivity index (χ1v) is 10.3. The molecule has 0 aromatic carbocycles. The van der Waals surface area contributed by atoms with E-state index in [1.807, 2.05) is 0 Å². The summed E-state index contributed by atoms with van der Waals surface area (Å²) in [5.74, 6) is 1.24. The Kier molecular flexibility index (Phi) is 7.84. The van der Waals surface area contributed by atoms with Crippen LogP contribution in [0, 0.1) is 11.8 Å².